The van der Waals surface area contributed by atoms with Crippen LogP contribution in [0.1, 0.15) is 5.56 Å². The van der Waals surface area contributed by atoms with Crippen LogP contribution in [0.15, 0.2) is 18.2 Å². The number of amides is 2. The normalized spacial score (nSPS) is 13.5. The van der Waals surface area contributed by atoms with Gasteiger partial charge < -0.3 is 21.7 Å². The second-order valence-electron chi connectivity index (χ2n) is 3.14. The Hall–Kier alpha value is -1.82. The van der Waals surface area contributed by atoms with Crippen molar-refractivity contribution in [2.75, 3.05) is 10.6 Å². The quantitative estimate of drug-likeness (QED) is 0.534. The van der Waals surface area contributed by atoms with Gasteiger partial charge in [0.05, 0.1) is 11.4 Å². The first-order valence-electron chi connectivity index (χ1n) is 4.40. The van der Waals surface area contributed by atoms with Crippen LogP contribution >= 0.6 is 12.2 Å². The van der Waals surface area contributed by atoms with Crippen molar-refractivity contribution < 1.29 is 4.79 Å². The molecule has 0 bridgehead atoms. The average molecular weight is 222 g/mol. The van der Waals surface area contributed by atoms with Crippen LogP contribution in [0.4, 0.5) is 16.2 Å². The minimum Gasteiger partial charge on any atom is -0.376 e. The Morgan fingerprint density at radius 1 is 1.53 bits per heavy atom. The summed E-state index contributed by atoms with van der Waals surface area (Å²) in [6.45, 7) is 0.508. The van der Waals surface area contributed by atoms with Gasteiger partial charge in [-0.15, -0.1) is 0 Å². The van der Waals surface area contributed by atoms with Crippen molar-refractivity contribution in [1.82, 2.24) is 5.32 Å². The third kappa shape index (κ3) is 1.99. The number of benzene rings is 1. The van der Waals surface area contributed by atoms with E-state index in [2.05, 4.69) is 16.0 Å². The highest BCUT2D eigenvalue weighted by atomic mass is 32.1. The maximum Gasteiger partial charge on any atom is 0.319 e. The van der Waals surface area contributed by atoms with Crippen molar-refractivity contribution in [2.45, 2.75) is 6.54 Å². The lowest BCUT2D eigenvalue weighted by atomic mass is 10.1. The van der Waals surface area contributed by atoms with Gasteiger partial charge in [0.15, 0.2) is 5.11 Å². The fourth-order valence-corrected chi connectivity index (χ4v) is 1.58. The third-order valence-electron chi connectivity index (χ3n) is 2.09. The molecule has 0 saturated carbocycles. The Bertz CT molecular complexity index is 432. The highest BCUT2D eigenvalue weighted by Crippen LogP contribution is 2.28. The predicted molar refractivity (Wildman–Crippen MR) is 62.7 cm³/mol. The molecule has 2 amide bonds. The van der Waals surface area contributed by atoms with Crippen LogP contribution in [0.25, 0.3) is 0 Å². The number of rotatable bonds is 1. The van der Waals surface area contributed by atoms with Crippen LogP contribution in [-0.2, 0) is 6.54 Å². The molecule has 6 heteroatoms. The van der Waals surface area contributed by atoms with Crippen LogP contribution in [-0.4, -0.2) is 11.1 Å². The van der Waals surface area contributed by atoms with E-state index in [1.54, 1.807) is 0 Å². The van der Waals surface area contributed by atoms with Gasteiger partial charge in [-0.3, -0.25) is 0 Å². The number of carbonyl (C=O) groups is 1. The summed E-state index contributed by atoms with van der Waals surface area (Å²) in [4.78, 5) is 11.1. The molecule has 0 aromatic heterocycles. The van der Waals surface area contributed by atoms with Crippen LogP contribution in [0.2, 0.25) is 0 Å². The van der Waals surface area contributed by atoms with Crippen molar-refractivity contribution in [3.63, 3.8) is 0 Å². The molecule has 1 heterocycles. The average Bonchev–Trinajstić information content (AvgIpc) is 2.18. The number of anilines is 2. The zero-order valence-corrected chi connectivity index (χ0v) is 8.65. The van der Waals surface area contributed by atoms with E-state index in [-0.39, 0.29) is 11.1 Å². The third-order valence-corrected chi connectivity index (χ3v) is 2.19. The Kier molecular flexibility index (Phi) is 2.42. The van der Waals surface area contributed by atoms with Crippen molar-refractivity contribution in [1.29, 1.82) is 0 Å². The maximum atomic E-state index is 11.1. The summed E-state index contributed by atoms with van der Waals surface area (Å²) in [6, 6.07) is 5.38. The summed E-state index contributed by atoms with van der Waals surface area (Å²) >= 11 is 4.75. The Balaban J connectivity index is 2.39. The largest absolute Gasteiger partial charge is 0.376 e. The zero-order chi connectivity index (χ0) is 10.8. The van der Waals surface area contributed by atoms with Crippen molar-refractivity contribution in [2.24, 2.45) is 5.73 Å². The van der Waals surface area contributed by atoms with Gasteiger partial charge in [0, 0.05) is 6.54 Å². The van der Waals surface area contributed by atoms with Gasteiger partial charge in [0.1, 0.15) is 0 Å². The smallest absolute Gasteiger partial charge is 0.319 e. The molecule has 0 fully saturated rings. The lowest BCUT2D eigenvalue weighted by Gasteiger charge is -2.21. The molecule has 5 nitrogen and oxygen atoms in total. The zero-order valence-electron chi connectivity index (χ0n) is 7.83. The second kappa shape index (κ2) is 3.74. The van der Waals surface area contributed by atoms with Crippen LogP contribution < -0.4 is 21.7 Å². The van der Waals surface area contributed by atoms with Gasteiger partial charge in [-0.25, -0.2) is 4.79 Å². The molecular formula is C9H10N4OS. The molecule has 1 aromatic carbocycles. The fraction of sp³-hybridized carbons (Fsp3) is 0.111. The van der Waals surface area contributed by atoms with Crippen LogP contribution in [0.5, 0.6) is 0 Å². The first kappa shape index (κ1) is 9.72. The molecule has 15 heavy (non-hydrogen) atoms. The molecule has 0 spiro atoms. The molecule has 0 unspecified atom stereocenters. The molecule has 1 aromatic rings. The summed E-state index contributed by atoms with van der Waals surface area (Å²) in [5, 5.41) is 8.38. The van der Waals surface area contributed by atoms with E-state index >= 15 is 0 Å². The molecule has 5 N–H and O–H groups in total. The summed E-state index contributed by atoms with van der Waals surface area (Å²) in [7, 11) is 0. The molecular weight excluding hydrogens is 212 g/mol. The first-order valence-corrected chi connectivity index (χ1v) is 4.81. The molecule has 0 atom stereocenters. The summed E-state index contributed by atoms with van der Waals surface area (Å²) < 4.78 is 0. The lowest BCUT2D eigenvalue weighted by Crippen LogP contribution is -2.34. The van der Waals surface area contributed by atoms with E-state index in [0.717, 1.165) is 16.9 Å². The van der Waals surface area contributed by atoms with Gasteiger partial charge in [-0.2, -0.15) is 0 Å². The van der Waals surface area contributed by atoms with Gasteiger partial charge in [-0.1, -0.05) is 12.1 Å². The molecule has 0 radical (unpaired) electrons. The molecule has 0 aliphatic carbocycles. The molecule has 78 valence electrons. The van der Waals surface area contributed by atoms with Gasteiger partial charge >= 0.3 is 6.03 Å². The Morgan fingerprint density at radius 2 is 2.33 bits per heavy atom. The standard InChI is InChI=1S/C9H10N4OS/c10-8(15)12-6-3-1-2-5-4-11-9(14)13-7(5)6/h1-3H,4H2,(H3,10,12,15)(H2,11,13,14). The van der Waals surface area contributed by atoms with Crippen molar-refractivity contribution in [3.8, 4) is 0 Å². The van der Waals surface area contributed by atoms with Gasteiger partial charge in [0.2, 0.25) is 0 Å². The van der Waals surface area contributed by atoms with Crippen LogP contribution in [0, 0.1) is 0 Å². The fourth-order valence-electron chi connectivity index (χ4n) is 1.47. The van der Waals surface area contributed by atoms with Crippen molar-refractivity contribution in [3.05, 3.63) is 23.8 Å². The van der Waals surface area contributed by atoms with E-state index in [0.29, 0.717) is 6.54 Å². The van der Waals surface area contributed by atoms with E-state index in [4.69, 9.17) is 18.0 Å². The Morgan fingerprint density at radius 3 is 3.07 bits per heavy atom. The summed E-state index contributed by atoms with van der Waals surface area (Å²) in [5.74, 6) is 0. The van der Waals surface area contributed by atoms with Gasteiger partial charge in [-0.05, 0) is 23.8 Å². The number of urea groups is 1. The summed E-state index contributed by atoms with van der Waals surface area (Å²) in [5.41, 5.74) is 7.83. The van der Waals surface area contributed by atoms with E-state index in [1.165, 1.54) is 0 Å². The number of carbonyl (C=O) groups excluding carboxylic acids is 1. The van der Waals surface area contributed by atoms with E-state index < -0.39 is 0 Å². The van der Waals surface area contributed by atoms with Crippen LogP contribution in [0.3, 0.4) is 0 Å². The molecule has 1 aliphatic rings. The highest BCUT2D eigenvalue weighted by molar-refractivity contribution is 7.80. The minimum absolute atomic E-state index is 0.177. The Labute approximate surface area is 92.0 Å². The minimum atomic E-state index is -0.223. The summed E-state index contributed by atoms with van der Waals surface area (Å²) in [6.07, 6.45) is 0. The SMILES string of the molecule is NC(=S)Nc1cccc2c1NC(=O)NC2. The maximum absolute atomic E-state index is 11.1. The van der Waals surface area contributed by atoms with E-state index in [1.807, 2.05) is 18.2 Å². The first-order chi connectivity index (χ1) is 7.16. The molecule has 2 rings (SSSR count). The number of nitrogens with two attached hydrogens (primary N) is 1. The number of para-hydroxylation sites is 1. The number of nitrogens with one attached hydrogen (secondary N) is 3. The number of hydrogen-bond acceptors (Lipinski definition) is 2. The monoisotopic (exact) mass is 222 g/mol. The number of thiocarbonyl (C=S) groups is 1. The highest BCUT2D eigenvalue weighted by Gasteiger charge is 2.16. The molecule has 0 saturated heterocycles. The predicted octanol–water partition coefficient (Wildman–Crippen LogP) is 0.977. The van der Waals surface area contributed by atoms with E-state index in [9.17, 15) is 4.79 Å². The number of hydrogen-bond donors (Lipinski definition) is 4. The van der Waals surface area contributed by atoms with Gasteiger partial charge in [0.25, 0.3) is 0 Å². The molecule has 1 aliphatic heterocycles. The second-order valence-corrected chi connectivity index (χ2v) is 3.58. The topological polar surface area (TPSA) is 79.2 Å². The van der Waals surface area contributed by atoms with Crippen molar-refractivity contribution >= 4 is 34.7 Å². The lowest BCUT2D eigenvalue weighted by molar-refractivity contribution is 0.251. The number of fused-ring (bicyclic) bond motifs is 1.